The lowest BCUT2D eigenvalue weighted by Crippen LogP contribution is -2.22. The summed E-state index contributed by atoms with van der Waals surface area (Å²) in [4.78, 5) is 14.0. The molecule has 0 spiro atoms. The highest BCUT2D eigenvalue weighted by atomic mass is 16.6. The van der Waals surface area contributed by atoms with Gasteiger partial charge in [-0.1, -0.05) is 50.8 Å². The third-order valence-corrected chi connectivity index (χ3v) is 4.55. The van der Waals surface area contributed by atoms with Crippen LogP contribution in [0.1, 0.15) is 20.8 Å². The van der Waals surface area contributed by atoms with Gasteiger partial charge in [0, 0.05) is 40.7 Å². The number of carbonyl (C=O) groups is 1. The highest BCUT2D eigenvalue weighted by Gasteiger charge is 2.16. The van der Waals surface area contributed by atoms with E-state index in [1.54, 1.807) is 19.1 Å². The Morgan fingerprint density at radius 2 is 1.42 bits per heavy atom. The number of rotatable bonds is 8. The van der Waals surface area contributed by atoms with Crippen LogP contribution < -0.4 is 14.4 Å². The maximum Gasteiger partial charge on any atom is 0.338 e. The van der Waals surface area contributed by atoms with E-state index in [-0.39, 0.29) is 5.92 Å². The second-order valence-electron chi connectivity index (χ2n) is 7.59. The topological polar surface area (TPSA) is 59.0 Å². The number of esters is 1. The van der Waals surface area contributed by atoms with Gasteiger partial charge in [-0.15, -0.1) is 0 Å². The van der Waals surface area contributed by atoms with Gasteiger partial charge in [-0.05, 0) is 43.3 Å². The van der Waals surface area contributed by atoms with Crippen molar-refractivity contribution in [3.05, 3.63) is 91.0 Å². The Morgan fingerprint density at radius 3 is 2.00 bits per heavy atom. The van der Waals surface area contributed by atoms with Crippen LogP contribution in [0.4, 0.5) is 17.1 Å². The number of benzene rings is 3. The molecule has 5 heteroatoms. The van der Waals surface area contributed by atoms with E-state index in [1.807, 2.05) is 85.5 Å². The SMILES string of the molecule is C=C(C)C(=O)Oc1cccc(N(c2ccccc2)c2cccc(OC(O)C(C)C)c2)c1. The molecule has 0 fully saturated rings. The summed E-state index contributed by atoms with van der Waals surface area (Å²) in [6.45, 7) is 9.02. The van der Waals surface area contributed by atoms with Gasteiger partial charge >= 0.3 is 5.97 Å². The number of anilines is 3. The Hall–Kier alpha value is -3.57. The molecule has 0 bridgehead atoms. The van der Waals surface area contributed by atoms with Crippen LogP contribution in [-0.2, 0) is 4.79 Å². The molecule has 0 radical (unpaired) electrons. The van der Waals surface area contributed by atoms with E-state index in [0.717, 1.165) is 17.1 Å². The normalized spacial score (nSPS) is 11.6. The molecule has 3 aromatic rings. The average molecular weight is 418 g/mol. The Morgan fingerprint density at radius 1 is 0.871 bits per heavy atom. The summed E-state index contributed by atoms with van der Waals surface area (Å²) in [6, 6.07) is 24.6. The summed E-state index contributed by atoms with van der Waals surface area (Å²) in [5.41, 5.74) is 2.90. The van der Waals surface area contributed by atoms with Crippen LogP contribution in [-0.4, -0.2) is 17.4 Å². The van der Waals surface area contributed by atoms with Crippen molar-refractivity contribution in [2.45, 2.75) is 27.1 Å². The van der Waals surface area contributed by atoms with Crippen LogP contribution in [0.2, 0.25) is 0 Å². The number of aliphatic hydroxyl groups excluding tert-OH is 1. The Bertz CT molecular complexity index is 1050. The molecule has 0 aliphatic rings. The van der Waals surface area contributed by atoms with Crippen molar-refractivity contribution in [3.63, 3.8) is 0 Å². The lowest BCUT2D eigenvalue weighted by Gasteiger charge is -2.26. The quantitative estimate of drug-likeness (QED) is 0.211. The van der Waals surface area contributed by atoms with Gasteiger partial charge in [-0.25, -0.2) is 4.79 Å². The van der Waals surface area contributed by atoms with Crippen molar-refractivity contribution >= 4 is 23.0 Å². The largest absolute Gasteiger partial charge is 0.465 e. The molecule has 160 valence electrons. The number of carbonyl (C=O) groups excluding carboxylic acids is 1. The fourth-order valence-electron chi connectivity index (χ4n) is 2.88. The van der Waals surface area contributed by atoms with Crippen molar-refractivity contribution < 1.29 is 19.4 Å². The summed E-state index contributed by atoms with van der Waals surface area (Å²) in [7, 11) is 0. The number of hydrogen-bond donors (Lipinski definition) is 1. The minimum absolute atomic E-state index is 0.0337. The molecule has 0 aliphatic heterocycles. The van der Waals surface area contributed by atoms with Crippen LogP contribution in [0.5, 0.6) is 11.5 Å². The van der Waals surface area contributed by atoms with E-state index in [2.05, 4.69) is 6.58 Å². The van der Waals surface area contributed by atoms with Gasteiger partial charge in [0.15, 0.2) is 6.29 Å². The van der Waals surface area contributed by atoms with E-state index < -0.39 is 12.3 Å². The summed E-state index contributed by atoms with van der Waals surface area (Å²) >= 11 is 0. The molecular formula is C26H27NO4. The van der Waals surface area contributed by atoms with Crippen molar-refractivity contribution in [1.82, 2.24) is 0 Å². The molecule has 5 nitrogen and oxygen atoms in total. The van der Waals surface area contributed by atoms with Crippen LogP contribution in [0.25, 0.3) is 0 Å². The lowest BCUT2D eigenvalue weighted by molar-refractivity contribution is -0.130. The molecule has 0 aromatic heterocycles. The Balaban J connectivity index is 2.01. The first-order valence-corrected chi connectivity index (χ1v) is 10.1. The van der Waals surface area contributed by atoms with E-state index >= 15 is 0 Å². The first-order valence-electron chi connectivity index (χ1n) is 10.1. The minimum Gasteiger partial charge on any atom is -0.465 e. The fourth-order valence-corrected chi connectivity index (χ4v) is 2.88. The van der Waals surface area contributed by atoms with Crippen molar-refractivity contribution in [3.8, 4) is 11.5 Å². The molecule has 0 aliphatic carbocycles. The molecule has 0 heterocycles. The molecular weight excluding hydrogens is 390 g/mol. The lowest BCUT2D eigenvalue weighted by atomic mass is 10.1. The van der Waals surface area contributed by atoms with Gasteiger partial charge in [0.2, 0.25) is 0 Å². The van der Waals surface area contributed by atoms with Crippen LogP contribution in [0, 0.1) is 5.92 Å². The van der Waals surface area contributed by atoms with E-state index in [4.69, 9.17) is 9.47 Å². The average Bonchev–Trinajstić information content (AvgIpc) is 2.75. The van der Waals surface area contributed by atoms with Crippen LogP contribution in [0.15, 0.2) is 91.0 Å². The number of aliphatic hydroxyl groups is 1. The third kappa shape index (κ3) is 5.74. The Labute approximate surface area is 183 Å². The van der Waals surface area contributed by atoms with Crippen molar-refractivity contribution in [2.24, 2.45) is 5.92 Å². The summed E-state index contributed by atoms with van der Waals surface area (Å²) in [6.07, 6.45) is -0.898. The number of para-hydroxylation sites is 1. The molecule has 0 amide bonds. The van der Waals surface area contributed by atoms with Crippen LogP contribution >= 0.6 is 0 Å². The van der Waals surface area contributed by atoms with Crippen molar-refractivity contribution in [2.75, 3.05) is 4.90 Å². The molecule has 3 rings (SSSR count). The Kier molecular flexibility index (Phi) is 7.11. The van der Waals surface area contributed by atoms with Gasteiger partial charge in [-0.2, -0.15) is 0 Å². The summed E-state index contributed by atoms with van der Waals surface area (Å²) in [5.74, 6) is 0.480. The molecule has 1 unspecified atom stereocenters. The zero-order chi connectivity index (χ0) is 22.4. The number of hydrogen-bond acceptors (Lipinski definition) is 5. The van der Waals surface area contributed by atoms with Crippen molar-refractivity contribution in [1.29, 1.82) is 0 Å². The highest BCUT2D eigenvalue weighted by Crippen LogP contribution is 2.37. The summed E-state index contributed by atoms with van der Waals surface area (Å²) < 4.78 is 11.1. The van der Waals surface area contributed by atoms with E-state index in [0.29, 0.717) is 17.1 Å². The standard InChI is InChI=1S/C26H27NO4/c1-18(2)25(28)30-23-14-8-12-21(16-23)27(20-10-6-5-7-11-20)22-13-9-15-24(17-22)31-26(29)19(3)4/h5-17,19,26,29H,1H2,2-4H3. The smallest absolute Gasteiger partial charge is 0.338 e. The second-order valence-corrected chi connectivity index (χ2v) is 7.59. The monoisotopic (exact) mass is 417 g/mol. The minimum atomic E-state index is -0.898. The fraction of sp³-hybridized carbons (Fsp3) is 0.192. The molecule has 1 N–H and O–H groups in total. The predicted molar refractivity (Wildman–Crippen MR) is 123 cm³/mol. The maximum absolute atomic E-state index is 12.0. The van der Waals surface area contributed by atoms with Gasteiger partial charge in [-0.3, -0.25) is 0 Å². The van der Waals surface area contributed by atoms with Gasteiger partial charge in [0.05, 0.1) is 0 Å². The number of nitrogens with zero attached hydrogens (tertiary/aromatic N) is 1. The van der Waals surface area contributed by atoms with Crippen LogP contribution in [0.3, 0.4) is 0 Å². The third-order valence-electron chi connectivity index (χ3n) is 4.55. The van der Waals surface area contributed by atoms with E-state index in [1.165, 1.54) is 0 Å². The predicted octanol–water partition coefficient (Wildman–Crippen LogP) is 5.99. The highest BCUT2D eigenvalue weighted by molar-refractivity contribution is 5.89. The zero-order valence-corrected chi connectivity index (χ0v) is 18.0. The van der Waals surface area contributed by atoms with E-state index in [9.17, 15) is 9.90 Å². The first kappa shape index (κ1) is 22.1. The number of ether oxygens (including phenoxy) is 2. The summed E-state index contributed by atoms with van der Waals surface area (Å²) in [5, 5.41) is 10.1. The molecule has 31 heavy (non-hydrogen) atoms. The maximum atomic E-state index is 12.0. The van der Waals surface area contributed by atoms with Gasteiger partial charge < -0.3 is 19.5 Å². The zero-order valence-electron chi connectivity index (χ0n) is 18.0. The van der Waals surface area contributed by atoms with Gasteiger partial charge in [0.25, 0.3) is 0 Å². The molecule has 3 aromatic carbocycles. The molecule has 0 saturated carbocycles. The van der Waals surface area contributed by atoms with Gasteiger partial charge in [0.1, 0.15) is 11.5 Å². The second kappa shape index (κ2) is 9.96. The first-order chi connectivity index (χ1) is 14.8. The molecule has 1 atom stereocenters. The molecule has 0 saturated heterocycles.